The maximum absolute atomic E-state index is 12.1. The Bertz CT molecular complexity index is 630. The number of carbonyl (C=O) groups is 1. The first-order chi connectivity index (χ1) is 25.8. The first kappa shape index (κ1) is 51.5. The predicted molar refractivity (Wildman–Crippen MR) is 235 cm³/mol. The number of hydrogen-bond donors (Lipinski definition) is 0. The minimum atomic E-state index is 0.0342. The van der Waals surface area contributed by atoms with Crippen LogP contribution < -0.4 is 0 Å². The molecule has 0 aromatic rings. The van der Waals surface area contributed by atoms with Crippen molar-refractivity contribution in [1.29, 1.82) is 0 Å². The van der Waals surface area contributed by atoms with Crippen molar-refractivity contribution in [2.24, 2.45) is 0 Å². The summed E-state index contributed by atoms with van der Waals surface area (Å²) in [6.07, 6.45) is 63.8. The van der Waals surface area contributed by atoms with Crippen molar-refractivity contribution in [3.63, 3.8) is 0 Å². The number of ether oxygens (including phenoxy) is 1. The van der Waals surface area contributed by atoms with E-state index in [2.05, 4.69) is 13.8 Å². The van der Waals surface area contributed by atoms with E-state index in [0.717, 1.165) is 12.8 Å². The van der Waals surface area contributed by atoms with Gasteiger partial charge in [0.25, 0.3) is 0 Å². The van der Waals surface area contributed by atoms with E-state index in [9.17, 15) is 4.79 Å². The largest absolute Gasteiger partial charge is 0.466 e. The summed E-state index contributed by atoms with van der Waals surface area (Å²) in [6.45, 7) is 5.24. The van der Waals surface area contributed by atoms with Gasteiger partial charge in [-0.05, 0) is 12.8 Å². The average Bonchev–Trinajstić information content (AvgIpc) is 3.15. The van der Waals surface area contributed by atoms with Crippen LogP contribution in [0.15, 0.2) is 0 Å². The van der Waals surface area contributed by atoms with Crippen molar-refractivity contribution in [3.05, 3.63) is 0 Å². The number of carbonyl (C=O) groups excluding carboxylic acids is 1. The highest BCUT2D eigenvalue weighted by Gasteiger charge is 2.03. The van der Waals surface area contributed by atoms with E-state index >= 15 is 0 Å². The van der Waals surface area contributed by atoms with Crippen LogP contribution in [0, 0.1) is 0 Å². The molecule has 0 aliphatic heterocycles. The third-order valence-corrected chi connectivity index (χ3v) is 11.7. The molecule has 0 unspecified atom stereocenters. The molecule has 0 aromatic carbocycles. The molecule has 0 amide bonds. The van der Waals surface area contributed by atoms with Crippen LogP contribution in [-0.2, 0) is 9.53 Å². The summed E-state index contributed by atoms with van der Waals surface area (Å²) in [5, 5.41) is 0. The molecule has 0 N–H and O–H groups in total. The van der Waals surface area contributed by atoms with Gasteiger partial charge >= 0.3 is 5.97 Å². The summed E-state index contributed by atoms with van der Waals surface area (Å²) in [5.74, 6) is 0.0342. The average molecular weight is 733 g/mol. The smallest absolute Gasteiger partial charge is 0.305 e. The van der Waals surface area contributed by atoms with Gasteiger partial charge < -0.3 is 4.74 Å². The third-order valence-electron chi connectivity index (χ3n) is 11.7. The van der Waals surface area contributed by atoms with Crippen molar-refractivity contribution in [2.75, 3.05) is 6.61 Å². The summed E-state index contributed by atoms with van der Waals surface area (Å²) in [6, 6.07) is 0. The van der Waals surface area contributed by atoms with Gasteiger partial charge in [-0.25, -0.2) is 0 Å². The van der Waals surface area contributed by atoms with Gasteiger partial charge in [-0.2, -0.15) is 0 Å². The van der Waals surface area contributed by atoms with Gasteiger partial charge in [0, 0.05) is 6.42 Å². The lowest BCUT2D eigenvalue weighted by Crippen LogP contribution is -2.05. The lowest BCUT2D eigenvalue weighted by Gasteiger charge is -2.06. The Morgan fingerprint density at radius 2 is 0.423 bits per heavy atom. The molecule has 0 radical (unpaired) electrons. The molecule has 312 valence electrons. The van der Waals surface area contributed by atoms with Crippen LogP contribution in [0.2, 0.25) is 0 Å². The van der Waals surface area contributed by atoms with E-state index in [-0.39, 0.29) is 5.97 Å². The molecular formula is C50H100O2. The molecule has 0 rings (SSSR count). The molecule has 0 aliphatic carbocycles. The quantitative estimate of drug-likeness (QED) is 0.0460. The summed E-state index contributed by atoms with van der Waals surface area (Å²) in [4.78, 5) is 12.1. The van der Waals surface area contributed by atoms with Crippen molar-refractivity contribution in [2.45, 2.75) is 309 Å². The van der Waals surface area contributed by atoms with Crippen LogP contribution in [0.4, 0.5) is 0 Å². The van der Waals surface area contributed by atoms with E-state index in [1.165, 1.54) is 276 Å². The lowest BCUT2D eigenvalue weighted by atomic mass is 10.0. The summed E-state index contributed by atoms with van der Waals surface area (Å²) < 4.78 is 5.50. The number of hydrogen-bond acceptors (Lipinski definition) is 2. The van der Waals surface area contributed by atoms with E-state index in [0.29, 0.717) is 13.0 Å². The third kappa shape index (κ3) is 47.5. The van der Waals surface area contributed by atoms with Crippen molar-refractivity contribution in [3.8, 4) is 0 Å². The highest BCUT2D eigenvalue weighted by Crippen LogP contribution is 2.17. The highest BCUT2D eigenvalue weighted by atomic mass is 16.5. The zero-order chi connectivity index (χ0) is 37.5. The monoisotopic (exact) mass is 733 g/mol. The fourth-order valence-corrected chi connectivity index (χ4v) is 8.02. The molecule has 0 bridgehead atoms. The minimum absolute atomic E-state index is 0.0342. The first-order valence-corrected chi connectivity index (χ1v) is 25.0. The van der Waals surface area contributed by atoms with Gasteiger partial charge in [-0.1, -0.05) is 290 Å². The fourth-order valence-electron chi connectivity index (χ4n) is 8.02. The highest BCUT2D eigenvalue weighted by molar-refractivity contribution is 5.69. The molecule has 0 saturated carbocycles. The van der Waals surface area contributed by atoms with Gasteiger partial charge in [-0.15, -0.1) is 0 Å². The molecular weight excluding hydrogens is 633 g/mol. The Morgan fingerprint density at radius 1 is 0.250 bits per heavy atom. The molecule has 0 aliphatic rings. The van der Waals surface area contributed by atoms with Crippen LogP contribution in [0.25, 0.3) is 0 Å². The zero-order valence-electron chi connectivity index (χ0n) is 36.6. The van der Waals surface area contributed by atoms with Crippen molar-refractivity contribution < 1.29 is 9.53 Å². The predicted octanol–water partition coefficient (Wildman–Crippen LogP) is 18.5. The Labute approximate surface area is 330 Å². The Kier molecular flexibility index (Phi) is 48.0. The lowest BCUT2D eigenvalue weighted by molar-refractivity contribution is -0.143. The molecule has 0 aromatic heterocycles. The molecule has 0 fully saturated rings. The molecule has 0 atom stereocenters. The van der Waals surface area contributed by atoms with Gasteiger partial charge in [-0.3, -0.25) is 4.79 Å². The maximum Gasteiger partial charge on any atom is 0.305 e. The Balaban J connectivity index is 3.14. The fraction of sp³-hybridized carbons (Fsp3) is 0.980. The Morgan fingerprint density at radius 3 is 0.635 bits per heavy atom. The van der Waals surface area contributed by atoms with Crippen LogP contribution in [0.3, 0.4) is 0 Å². The van der Waals surface area contributed by atoms with Crippen LogP contribution >= 0.6 is 0 Å². The van der Waals surface area contributed by atoms with Crippen molar-refractivity contribution >= 4 is 5.97 Å². The normalized spacial score (nSPS) is 11.5. The summed E-state index contributed by atoms with van der Waals surface area (Å²) in [5.41, 5.74) is 0. The van der Waals surface area contributed by atoms with Crippen LogP contribution in [0.1, 0.15) is 309 Å². The SMILES string of the molecule is CCCCCCCCCCCCCCCCCCCCCCCCCCOC(=O)CCCCCCCCCCCCCCCCCCCCCCC. The Hall–Kier alpha value is -0.530. The molecule has 2 nitrogen and oxygen atoms in total. The number of rotatable bonds is 47. The topological polar surface area (TPSA) is 26.3 Å². The second-order valence-electron chi connectivity index (χ2n) is 17.2. The molecule has 0 saturated heterocycles. The first-order valence-electron chi connectivity index (χ1n) is 25.0. The maximum atomic E-state index is 12.1. The van der Waals surface area contributed by atoms with Crippen molar-refractivity contribution in [1.82, 2.24) is 0 Å². The zero-order valence-corrected chi connectivity index (χ0v) is 36.6. The van der Waals surface area contributed by atoms with E-state index in [1.807, 2.05) is 0 Å². The second kappa shape index (κ2) is 48.5. The van der Waals surface area contributed by atoms with Gasteiger partial charge in [0.05, 0.1) is 6.61 Å². The minimum Gasteiger partial charge on any atom is -0.466 e. The van der Waals surface area contributed by atoms with Gasteiger partial charge in [0.2, 0.25) is 0 Å². The standard InChI is InChI=1S/C50H100O2/c1-3-5-7-9-11-13-15-17-19-21-23-25-26-27-29-31-33-35-37-39-41-43-45-47-49-52-50(51)48-46-44-42-40-38-36-34-32-30-28-24-22-20-18-16-14-12-10-8-6-4-2/h3-49H2,1-2H3. The summed E-state index contributed by atoms with van der Waals surface area (Å²) in [7, 11) is 0. The molecule has 52 heavy (non-hydrogen) atoms. The van der Waals surface area contributed by atoms with Gasteiger partial charge in [0.15, 0.2) is 0 Å². The molecule has 2 heteroatoms. The van der Waals surface area contributed by atoms with E-state index in [4.69, 9.17) is 4.74 Å². The number of unbranched alkanes of at least 4 members (excludes halogenated alkanes) is 43. The number of esters is 1. The molecule has 0 spiro atoms. The van der Waals surface area contributed by atoms with E-state index in [1.54, 1.807) is 0 Å². The summed E-state index contributed by atoms with van der Waals surface area (Å²) >= 11 is 0. The second-order valence-corrected chi connectivity index (χ2v) is 17.2. The van der Waals surface area contributed by atoms with E-state index < -0.39 is 0 Å². The molecule has 0 heterocycles. The van der Waals surface area contributed by atoms with Gasteiger partial charge in [0.1, 0.15) is 0 Å². The van der Waals surface area contributed by atoms with Crippen LogP contribution in [0.5, 0.6) is 0 Å². The van der Waals surface area contributed by atoms with Crippen LogP contribution in [-0.4, -0.2) is 12.6 Å².